The minimum atomic E-state index is -0.477. The van der Waals surface area contributed by atoms with E-state index in [1.807, 2.05) is 0 Å². The van der Waals surface area contributed by atoms with E-state index in [9.17, 15) is 0 Å². The van der Waals surface area contributed by atoms with Crippen LogP contribution in [0, 0.1) is 0 Å². The summed E-state index contributed by atoms with van der Waals surface area (Å²) in [5.41, 5.74) is 0. The Morgan fingerprint density at radius 2 is 2.57 bits per heavy atom. The maximum absolute atomic E-state index is 5.23. The van der Waals surface area contributed by atoms with E-state index in [2.05, 4.69) is 6.92 Å². The van der Waals surface area contributed by atoms with Crippen LogP contribution in [0.25, 0.3) is 0 Å². The number of hydrogen-bond acceptors (Lipinski definition) is 2. The lowest BCUT2D eigenvalue weighted by Gasteiger charge is -2.17. The normalized spacial score (nSPS) is 39.9. The van der Waals surface area contributed by atoms with E-state index in [4.69, 9.17) is 8.54 Å². The minimum absolute atomic E-state index is 0.102. The zero-order valence-corrected chi connectivity index (χ0v) is 7.34. The maximum Gasteiger partial charge on any atom is 0.294 e. The number of hydrogen-bond donors (Lipinski definition) is 0. The molecule has 0 radical (unpaired) electrons. The van der Waals surface area contributed by atoms with E-state index in [0.29, 0.717) is 6.10 Å². The van der Waals surface area contributed by atoms with Crippen molar-refractivity contribution >= 4 is 19.8 Å². The first-order valence-electron chi connectivity index (χ1n) is 2.59. The predicted octanol–water partition coefficient (Wildman–Crippen LogP) is -1.08. The summed E-state index contributed by atoms with van der Waals surface area (Å²) >= 11 is 0. The molecular formula is C3H10O2Si2. The second kappa shape index (κ2) is 2.61. The molecule has 0 aromatic carbocycles. The third-order valence-corrected chi connectivity index (χ3v) is 4.68. The molecule has 0 aromatic heterocycles. The van der Waals surface area contributed by atoms with Gasteiger partial charge in [0.1, 0.15) is 0 Å². The van der Waals surface area contributed by atoms with E-state index in [0.717, 1.165) is 0 Å². The summed E-state index contributed by atoms with van der Waals surface area (Å²) < 4.78 is 10.4. The van der Waals surface area contributed by atoms with E-state index >= 15 is 0 Å². The van der Waals surface area contributed by atoms with Crippen molar-refractivity contribution in [3.8, 4) is 0 Å². The molecule has 42 valence electrons. The fourth-order valence-corrected chi connectivity index (χ4v) is 3.31. The third-order valence-electron chi connectivity index (χ3n) is 1.10. The largest absolute Gasteiger partial charge is 0.446 e. The van der Waals surface area contributed by atoms with Crippen LogP contribution in [0.5, 0.6) is 0 Å². The zero-order chi connectivity index (χ0) is 5.11. The highest BCUT2D eigenvalue weighted by Gasteiger charge is 2.07. The molecular weight excluding hydrogens is 124 g/mol. The highest BCUT2D eigenvalue weighted by molar-refractivity contribution is 6.40. The summed E-state index contributed by atoms with van der Waals surface area (Å²) in [4.78, 5) is 0. The molecule has 1 fully saturated rings. The molecule has 1 rings (SSSR count). The quantitative estimate of drug-likeness (QED) is 0.393. The van der Waals surface area contributed by atoms with Crippen LogP contribution in [0.2, 0.25) is 6.04 Å². The average molecular weight is 134 g/mol. The Labute approximate surface area is 48.2 Å². The van der Waals surface area contributed by atoms with Gasteiger partial charge in [-0.15, -0.1) is 0 Å². The Balaban J connectivity index is 2.12. The van der Waals surface area contributed by atoms with Crippen LogP contribution >= 0.6 is 0 Å². The Bertz CT molecular complexity index is 52.9. The van der Waals surface area contributed by atoms with Crippen LogP contribution < -0.4 is 0 Å². The SMILES string of the molecule is CC1C[SiH2]O[SiH2]O1. The second-order valence-corrected chi connectivity index (χ2v) is 4.98. The second-order valence-electron chi connectivity index (χ2n) is 1.79. The maximum atomic E-state index is 5.23. The van der Waals surface area contributed by atoms with E-state index < -0.39 is 10.0 Å². The van der Waals surface area contributed by atoms with Crippen LogP contribution in [-0.4, -0.2) is 25.9 Å². The fraction of sp³-hybridized carbons (Fsp3) is 1.00. The Hall–Kier alpha value is 0.354. The monoisotopic (exact) mass is 134 g/mol. The van der Waals surface area contributed by atoms with Crippen molar-refractivity contribution in [1.29, 1.82) is 0 Å². The van der Waals surface area contributed by atoms with Crippen molar-refractivity contribution in [1.82, 2.24) is 0 Å². The topological polar surface area (TPSA) is 18.5 Å². The molecule has 2 nitrogen and oxygen atoms in total. The van der Waals surface area contributed by atoms with E-state index in [-0.39, 0.29) is 9.76 Å². The molecule has 4 heteroatoms. The molecule has 0 amide bonds. The molecule has 1 aliphatic heterocycles. The Morgan fingerprint density at radius 1 is 1.71 bits per heavy atom. The van der Waals surface area contributed by atoms with E-state index in [1.165, 1.54) is 6.04 Å². The third kappa shape index (κ3) is 1.73. The summed E-state index contributed by atoms with van der Waals surface area (Å²) in [6.07, 6.45) is 0.534. The van der Waals surface area contributed by atoms with Crippen molar-refractivity contribution in [2.75, 3.05) is 0 Å². The first kappa shape index (κ1) is 5.49. The van der Waals surface area contributed by atoms with Crippen molar-refractivity contribution in [3.05, 3.63) is 0 Å². The first-order chi connectivity index (χ1) is 3.39. The van der Waals surface area contributed by atoms with E-state index in [1.54, 1.807) is 0 Å². The summed E-state index contributed by atoms with van der Waals surface area (Å²) in [5.74, 6) is 0. The molecule has 1 aliphatic rings. The van der Waals surface area contributed by atoms with Crippen LogP contribution in [0.15, 0.2) is 0 Å². The lowest BCUT2D eigenvalue weighted by atomic mass is 10.5. The summed E-state index contributed by atoms with van der Waals surface area (Å²) in [5, 5.41) is 0. The van der Waals surface area contributed by atoms with Gasteiger partial charge < -0.3 is 8.54 Å². The fourth-order valence-electron chi connectivity index (χ4n) is 0.556. The molecule has 0 bridgehead atoms. The molecule has 0 aliphatic carbocycles. The standard InChI is InChI=1S/C3H10O2Si2/c1-3-2-6-5-7-4-3/h3H,2,6-7H2,1H3. The zero-order valence-electron chi connectivity index (χ0n) is 4.52. The van der Waals surface area contributed by atoms with Crippen LogP contribution in [-0.2, 0) is 8.54 Å². The molecule has 7 heavy (non-hydrogen) atoms. The van der Waals surface area contributed by atoms with Crippen molar-refractivity contribution < 1.29 is 8.54 Å². The van der Waals surface area contributed by atoms with Crippen molar-refractivity contribution in [2.24, 2.45) is 0 Å². The predicted molar refractivity (Wildman–Crippen MR) is 33.5 cm³/mol. The minimum Gasteiger partial charge on any atom is -0.446 e. The molecule has 1 heterocycles. The summed E-state index contributed by atoms with van der Waals surface area (Å²) in [6, 6.07) is 1.22. The highest BCUT2D eigenvalue weighted by Crippen LogP contribution is 2.00. The summed E-state index contributed by atoms with van der Waals surface area (Å²) in [7, 11) is -0.579. The molecule has 1 saturated heterocycles. The van der Waals surface area contributed by atoms with Gasteiger partial charge >= 0.3 is 0 Å². The molecule has 0 saturated carbocycles. The van der Waals surface area contributed by atoms with Crippen molar-refractivity contribution in [2.45, 2.75) is 19.1 Å². The summed E-state index contributed by atoms with van der Waals surface area (Å²) in [6.45, 7) is 2.13. The molecule has 1 atom stereocenters. The van der Waals surface area contributed by atoms with Crippen LogP contribution in [0.4, 0.5) is 0 Å². The van der Waals surface area contributed by atoms with Gasteiger partial charge in [0.05, 0.1) is 0 Å². The lowest BCUT2D eigenvalue weighted by Crippen LogP contribution is -2.24. The Morgan fingerprint density at radius 3 is 2.86 bits per heavy atom. The molecule has 0 aromatic rings. The first-order valence-corrected chi connectivity index (χ1v) is 5.32. The van der Waals surface area contributed by atoms with Gasteiger partial charge in [-0.05, 0) is 13.0 Å². The molecule has 0 N–H and O–H groups in total. The van der Waals surface area contributed by atoms with Crippen LogP contribution in [0.1, 0.15) is 6.92 Å². The Kier molecular flexibility index (Phi) is 2.05. The van der Waals surface area contributed by atoms with Gasteiger partial charge in [0.15, 0.2) is 9.76 Å². The van der Waals surface area contributed by atoms with Gasteiger partial charge in [0.25, 0.3) is 10.0 Å². The van der Waals surface area contributed by atoms with Gasteiger partial charge in [-0.2, -0.15) is 0 Å². The van der Waals surface area contributed by atoms with Gasteiger partial charge in [-0.1, -0.05) is 0 Å². The van der Waals surface area contributed by atoms with Crippen molar-refractivity contribution in [3.63, 3.8) is 0 Å². The lowest BCUT2D eigenvalue weighted by molar-refractivity contribution is 0.203. The van der Waals surface area contributed by atoms with Gasteiger partial charge in [0.2, 0.25) is 0 Å². The van der Waals surface area contributed by atoms with Gasteiger partial charge in [0, 0.05) is 6.10 Å². The molecule has 0 spiro atoms. The average Bonchev–Trinajstić information content (AvgIpc) is 1.69. The van der Waals surface area contributed by atoms with Gasteiger partial charge in [-0.25, -0.2) is 0 Å². The smallest absolute Gasteiger partial charge is 0.294 e. The highest BCUT2D eigenvalue weighted by atomic mass is 28.3. The molecule has 1 unspecified atom stereocenters. The van der Waals surface area contributed by atoms with Crippen LogP contribution in [0.3, 0.4) is 0 Å². The van der Waals surface area contributed by atoms with Gasteiger partial charge in [-0.3, -0.25) is 0 Å². The number of rotatable bonds is 0.